The van der Waals surface area contributed by atoms with E-state index in [-0.39, 0.29) is 52.4 Å². The lowest BCUT2D eigenvalue weighted by molar-refractivity contribution is 0.0784. The Morgan fingerprint density at radius 3 is 2.40 bits per heavy atom. The Labute approximate surface area is 232 Å². The standard InChI is InChI=1S/C28H23ClF2N4O5/c1-39-20-4-3-5-21(40-2)24(20)35-25(15-6-8-18(30)9-7-15)33-26(36)22(28(35)38)27(37)34-11-10-16(14-34)23-19(31)12-17(29)13-32-23/h3-9,12-13,16,36H,10-11,14H2,1-2H3. The largest absolute Gasteiger partial charge is 0.494 e. The van der Waals surface area contributed by atoms with E-state index in [1.165, 1.54) is 49.6 Å². The van der Waals surface area contributed by atoms with Crippen LogP contribution in [-0.4, -0.2) is 57.8 Å². The van der Waals surface area contributed by atoms with Crippen molar-refractivity contribution in [3.05, 3.63) is 93.0 Å². The number of aromatic nitrogens is 3. The topological polar surface area (TPSA) is 107 Å². The third kappa shape index (κ3) is 4.84. The molecule has 1 N–H and O–H groups in total. The zero-order chi connectivity index (χ0) is 28.6. The van der Waals surface area contributed by atoms with Crippen LogP contribution in [0.3, 0.4) is 0 Å². The van der Waals surface area contributed by atoms with Crippen LogP contribution in [0.2, 0.25) is 5.02 Å². The molecular formula is C28H23ClF2N4O5. The first-order valence-corrected chi connectivity index (χ1v) is 12.5. The average Bonchev–Trinajstić information content (AvgIpc) is 3.43. The highest BCUT2D eigenvalue weighted by molar-refractivity contribution is 6.30. The van der Waals surface area contributed by atoms with E-state index in [0.29, 0.717) is 6.42 Å². The SMILES string of the molecule is COc1cccc(OC)c1-n1c(-c2ccc(F)cc2)nc(O)c(C(=O)N2CCC(c3ncc(Cl)cc3F)C2)c1=O. The number of ether oxygens (including phenoxy) is 2. The number of pyridine rings is 1. The number of likely N-dealkylation sites (tertiary alicyclic amines) is 1. The number of rotatable bonds is 6. The summed E-state index contributed by atoms with van der Waals surface area (Å²) in [6, 6.07) is 11.1. The predicted octanol–water partition coefficient (Wildman–Crippen LogP) is 4.58. The summed E-state index contributed by atoms with van der Waals surface area (Å²) in [5.74, 6) is -2.77. The Hall–Kier alpha value is -4.51. The van der Waals surface area contributed by atoms with Gasteiger partial charge in [0.2, 0.25) is 5.88 Å². The van der Waals surface area contributed by atoms with Crippen molar-refractivity contribution in [2.24, 2.45) is 0 Å². The van der Waals surface area contributed by atoms with Gasteiger partial charge in [0.25, 0.3) is 11.5 Å². The second kappa shape index (κ2) is 10.9. The van der Waals surface area contributed by atoms with Crippen LogP contribution in [0.1, 0.15) is 28.4 Å². The number of amides is 1. The summed E-state index contributed by atoms with van der Waals surface area (Å²) in [6.07, 6.45) is 1.71. The lowest BCUT2D eigenvalue weighted by Crippen LogP contribution is -2.36. The van der Waals surface area contributed by atoms with Gasteiger partial charge in [0.05, 0.1) is 24.9 Å². The normalized spacial score (nSPS) is 14.8. The van der Waals surface area contributed by atoms with Crippen molar-refractivity contribution in [3.63, 3.8) is 0 Å². The molecule has 12 heteroatoms. The summed E-state index contributed by atoms with van der Waals surface area (Å²) < 4.78 is 40.3. The molecule has 0 aliphatic carbocycles. The van der Waals surface area contributed by atoms with Crippen LogP contribution in [0.25, 0.3) is 17.1 Å². The van der Waals surface area contributed by atoms with Crippen LogP contribution in [0, 0.1) is 11.6 Å². The highest BCUT2D eigenvalue weighted by Crippen LogP contribution is 2.36. The van der Waals surface area contributed by atoms with Gasteiger partial charge in [0.1, 0.15) is 28.8 Å². The minimum Gasteiger partial charge on any atom is -0.494 e. The molecule has 0 radical (unpaired) electrons. The molecule has 40 heavy (non-hydrogen) atoms. The van der Waals surface area contributed by atoms with E-state index in [1.54, 1.807) is 18.2 Å². The molecule has 0 saturated carbocycles. The summed E-state index contributed by atoms with van der Waals surface area (Å²) in [4.78, 5) is 37.3. The fraction of sp³-hybridized carbons (Fsp3) is 0.214. The van der Waals surface area contributed by atoms with Crippen molar-refractivity contribution >= 4 is 17.5 Å². The van der Waals surface area contributed by atoms with Crippen LogP contribution in [0.5, 0.6) is 17.4 Å². The Morgan fingerprint density at radius 1 is 1.10 bits per heavy atom. The summed E-state index contributed by atoms with van der Waals surface area (Å²) in [5.41, 5.74) is -0.927. The fourth-order valence-electron chi connectivity index (χ4n) is 4.80. The van der Waals surface area contributed by atoms with Gasteiger partial charge in [-0.3, -0.25) is 19.1 Å². The minimum atomic E-state index is -0.904. The number of aromatic hydroxyl groups is 1. The van der Waals surface area contributed by atoms with Gasteiger partial charge < -0.3 is 19.5 Å². The Balaban J connectivity index is 1.64. The van der Waals surface area contributed by atoms with E-state index < -0.39 is 40.5 Å². The van der Waals surface area contributed by atoms with E-state index in [0.717, 1.165) is 10.6 Å². The van der Waals surface area contributed by atoms with Gasteiger partial charge in [-0.1, -0.05) is 17.7 Å². The van der Waals surface area contributed by atoms with E-state index in [4.69, 9.17) is 21.1 Å². The van der Waals surface area contributed by atoms with Crippen molar-refractivity contribution in [1.82, 2.24) is 19.4 Å². The number of methoxy groups -OCH3 is 2. The van der Waals surface area contributed by atoms with Gasteiger partial charge in [0, 0.05) is 30.8 Å². The summed E-state index contributed by atoms with van der Waals surface area (Å²) in [7, 11) is 2.80. The molecule has 206 valence electrons. The molecule has 5 rings (SSSR count). The van der Waals surface area contributed by atoms with Crippen LogP contribution < -0.4 is 15.0 Å². The molecule has 0 bridgehead atoms. The van der Waals surface area contributed by atoms with E-state index in [9.17, 15) is 23.5 Å². The minimum absolute atomic E-state index is 0.0565. The maximum atomic E-state index is 14.5. The highest BCUT2D eigenvalue weighted by Gasteiger charge is 2.35. The third-order valence-corrected chi connectivity index (χ3v) is 6.91. The molecule has 9 nitrogen and oxygen atoms in total. The van der Waals surface area contributed by atoms with Crippen molar-refractivity contribution < 1.29 is 28.2 Å². The van der Waals surface area contributed by atoms with Crippen LogP contribution in [0.15, 0.2) is 59.5 Å². The first kappa shape index (κ1) is 27.1. The predicted molar refractivity (Wildman–Crippen MR) is 142 cm³/mol. The Bertz CT molecular complexity index is 1640. The summed E-state index contributed by atoms with van der Waals surface area (Å²) >= 11 is 5.82. The van der Waals surface area contributed by atoms with Crippen LogP contribution in [-0.2, 0) is 0 Å². The Morgan fingerprint density at radius 2 is 1.77 bits per heavy atom. The molecule has 4 aromatic rings. The van der Waals surface area contributed by atoms with Gasteiger partial charge in [-0.2, -0.15) is 4.98 Å². The first-order chi connectivity index (χ1) is 19.2. The molecule has 1 aliphatic heterocycles. The quantitative estimate of drug-likeness (QED) is 0.363. The molecule has 2 aromatic carbocycles. The molecule has 1 fully saturated rings. The van der Waals surface area contributed by atoms with Crippen LogP contribution >= 0.6 is 11.6 Å². The zero-order valence-electron chi connectivity index (χ0n) is 21.4. The molecular weight excluding hydrogens is 546 g/mol. The molecule has 1 aliphatic rings. The second-order valence-electron chi connectivity index (χ2n) is 9.05. The number of halogens is 3. The van der Waals surface area contributed by atoms with Crippen molar-refractivity contribution in [2.75, 3.05) is 27.3 Å². The van der Waals surface area contributed by atoms with E-state index >= 15 is 0 Å². The number of para-hydroxylation sites is 1. The number of carbonyl (C=O) groups is 1. The molecule has 0 spiro atoms. The van der Waals surface area contributed by atoms with Gasteiger partial charge in [-0.05, 0) is 48.9 Å². The van der Waals surface area contributed by atoms with E-state index in [2.05, 4.69) is 9.97 Å². The second-order valence-corrected chi connectivity index (χ2v) is 9.49. The number of nitrogens with zero attached hydrogens (tertiary/aromatic N) is 4. The Kier molecular flexibility index (Phi) is 7.40. The fourth-order valence-corrected chi connectivity index (χ4v) is 4.95. The molecule has 2 aromatic heterocycles. The summed E-state index contributed by atoms with van der Waals surface area (Å²) in [5, 5.41) is 11.1. The van der Waals surface area contributed by atoms with Crippen molar-refractivity contribution in [2.45, 2.75) is 12.3 Å². The number of hydrogen-bond donors (Lipinski definition) is 1. The first-order valence-electron chi connectivity index (χ1n) is 12.2. The van der Waals surface area contributed by atoms with Gasteiger partial charge in [-0.15, -0.1) is 0 Å². The lowest BCUT2D eigenvalue weighted by Gasteiger charge is -2.21. The van der Waals surface area contributed by atoms with E-state index in [1.807, 2.05) is 0 Å². The maximum Gasteiger partial charge on any atom is 0.275 e. The van der Waals surface area contributed by atoms with Gasteiger partial charge >= 0.3 is 0 Å². The number of carbonyl (C=O) groups excluding carboxylic acids is 1. The highest BCUT2D eigenvalue weighted by atomic mass is 35.5. The van der Waals surface area contributed by atoms with Gasteiger partial charge in [-0.25, -0.2) is 8.78 Å². The molecule has 1 saturated heterocycles. The maximum absolute atomic E-state index is 14.5. The number of benzene rings is 2. The monoisotopic (exact) mass is 568 g/mol. The third-order valence-electron chi connectivity index (χ3n) is 6.70. The summed E-state index contributed by atoms with van der Waals surface area (Å²) in [6.45, 7) is 0.241. The molecule has 1 amide bonds. The molecule has 3 heterocycles. The molecule has 1 atom stereocenters. The smallest absolute Gasteiger partial charge is 0.275 e. The van der Waals surface area contributed by atoms with Crippen molar-refractivity contribution in [3.8, 4) is 34.5 Å². The van der Waals surface area contributed by atoms with Crippen molar-refractivity contribution in [1.29, 1.82) is 0 Å². The average molecular weight is 569 g/mol. The zero-order valence-corrected chi connectivity index (χ0v) is 22.2. The molecule has 1 unspecified atom stereocenters. The van der Waals surface area contributed by atoms with Gasteiger partial charge in [0.15, 0.2) is 11.4 Å². The lowest BCUT2D eigenvalue weighted by atomic mass is 10.0. The number of hydrogen-bond acceptors (Lipinski definition) is 7. The van der Waals surface area contributed by atoms with Crippen LogP contribution in [0.4, 0.5) is 8.78 Å².